The van der Waals surface area contributed by atoms with E-state index >= 15 is 0 Å². The van der Waals surface area contributed by atoms with Gasteiger partial charge in [0.2, 0.25) is 5.91 Å². The summed E-state index contributed by atoms with van der Waals surface area (Å²) in [7, 11) is 0. The maximum atomic E-state index is 12.1. The van der Waals surface area contributed by atoms with Crippen molar-refractivity contribution in [1.29, 1.82) is 0 Å². The number of nitrogens with one attached hydrogen (secondary N) is 1. The molecule has 1 aromatic carbocycles. The summed E-state index contributed by atoms with van der Waals surface area (Å²) in [6.07, 6.45) is 7.85. The summed E-state index contributed by atoms with van der Waals surface area (Å²) < 4.78 is 0. The molecule has 2 fully saturated rings. The van der Waals surface area contributed by atoms with Gasteiger partial charge in [-0.25, -0.2) is 10.4 Å². The lowest BCUT2D eigenvalue weighted by Gasteiger charge is -2.35. The number of benzene rings is 1. The van der Waals surface area contributed by atoms with Crippen molar-refractivity contribution in [3.05, 3.63) is 42.1 Å². The molecule has 1 saturated carbocycles. The quantitative estimate of drug-likeness (QED) is 0.868. The minimum atomic E-state index is -0.266. The predicted octanol–water partition coefficient (Wildman–Crippen LogP) is 2.79. The average molecular weight is 368 g/mol. The molecule has 4 rings (SSSR count). The van der Waals surface area contributed by atoms with Crippen LogP contribution >= 0.6 is 0 Å². The van der Waals surface area contributed by atoms with Gasteiger partial charge in [-0.05, 0) is 62.3 Å². The van der Waals surface area contributed by atoms with E-state index in [1.807, 2.05) is 24.4 Å². The third kappa shape index (κ3) is 3.86. The third-order valence-electron chi connectivity index (χ3n) is 5.92. The second-order valence-corrected chi connectivity index (χ2v) is 7.99. The monoisotopic (exact) mass is 368 g/mol. The number of amides is 2. The van der Waals surface area contributed by atoms with Gasteiger partial charge in [0.1, 0.15) is 0 Å². The van der Waals surface area contributed by atoms with Gasteiger partial charge in [0.15, 0.2) is 0 Å². The van der Waals surface area contributed by atoms with Gasteiger partial charge in [-0.3, -0.25) is 9.59 Å². The molecule has 1 aromatic rings. The van der Waals surface area contributed by atoms with E-state index < -0.39 is 0 Å². The molecular weight excluding hydrogens is 340 g/mol. The molecule has 0 unspecified atom stereocenters. The van der Waals surface area contributed by atoms with Crippen molar-refractivity contribution < 1.29 is 9.59 Å². The van der Waals surface area contributed by atoms with Crippen LogP contribution in [0, 0.1) is 5.92 Å². The molecule has 3 aliphatic rings. The van der Waals surface area contributed by atoms with Gasteiger partial charge in [-0.15, -0.1) is 0 Å². The van der Waals surface area contributed by atoms with Crippen LogP contribution < -0.4 is 10.4 Å². The Morgan fingerprint density at radius 2 is 2.04 bits per heavy atom. The summed E-state index contributed by atoms with van der Waals surface area (Å²) in [5, 5.41) is 2.97. The largest absolute Gasteiger partial charge is 0.300 e. The number of hydrogen-bond acceptors (Lipinski definition) is 4. The molecule has 1 saturated heterocycles. The normalized spacial score (nSPS) is 27.9. The number of hydrogen-bond donors (Lipinski definition) is 1. The second-order valence-electron chi connectivity index (χ2n) is 7.99. The first-order valence-electron chi connectivity index (χ1n) is 9.93. The van der Waals surface area contributed by atoms with Gasteiger partial charge in [-0.2, -0.15) is 5.12 Å². The van der Waals surface area contributed by atoms with Crippen molar-refractivity contribution in [1.82, 2.24) is 15.4 Å². The number of likely N-dealkylation sites (tertiary alicyclic amines) is 1. The highest BCUT2D eigenvalue weighted by Crippen LogP contribution is 2.48. The van der Waals surface area contributed by atoms with Crippen molar-refractivity contribution in [3.63, 3.8) is 0 Å². The van der Waals surface area contributed by atoms with Crippen LogP contribution in [0.15, 0.2) is 36.5 Å². The summed E-state index contributed by atoms with van der Waals surface area (Å²) in [5.41, 5.74) is 4.83. The summed E-state index contributed by atoms with van der Waals surface area (Å²) in [5.74, 6) is 0.997. The van der Waals surface area contributed by atoms with E-state index in [1.165, 1.54) is 50.0 Å². The minimum Gasteiger partial charge on any atom is -0.300 e. The van der Waals surface area contributed by atoms with Crippen molar-refractivity contribution in [2.75, 3.05) is 18.1 Å². The van der Waals surface area contributed by atoms with E-state index in [4.69, 9.17) is 0 Å². The highest BCUT2D eigenvalue weighted by atomic mass is 16.2. The maximum Gasteiger partial charge on any atom is 0.264 e. The molecule has 0 radical (unpaired) electrons. The predicted molar refractivity (Wildman–Crippen MR) is 104 cm³/mol. The molecule has 144 valence electrons. The van der Waals surface area contributed by atoms with Gasteiger partial charge in [0, 0.05) is 25.7 Å². The summed E-state index contributed by atoms with van der Waals surface area (Å²) in [6, 6.07) is 9.11. The van der Waals surface area contributed by atoms with Gasteiger partial charge < -0.3 is 4.90 Å². The Labute approximate surface area is 160 Å². The van der Waals surface area contributed by atoms with Crippen molar-refractivity contribution in [3.8, 4) is 0 Å². The van der Waals surface area contributed by atoms with Crippen molar-refractivity contribution >= 4 is 17.5 Å². The molecule has 1 N–H and O–H groups in total. The van der Waals surface area contributed by atoms with Crippen LogP contribution in [0.1, 0.15) is 51.0 Å². The van der Waals surface area contributed by atoms with Crippen LogP contribution in [0.3, 0.4) is 0 Å². The van der Waals surface area contributed by atoms with E-state index in [1.54, 1.807) is 5.01 Å². The molecule has 6 nitrogen and oxygen atoms in total. The van der Waals surface area contributed by atoms with E-state index in [0.29, 0.717) is 5.92 Å². The Balaban J connectivity index is 1.41. The topological polar surface area (TPSA) is 55.9 Å². The number of carbonyl (C=O) groups is 2. The van der Waals surface area contributed by atoms with Crippen molar-refractivity contribution in [2.24, 2.45) is 5.92 Å². The van der Waals surface area contributed by atoms with Crippen LogP contribution in [0.4, 0.5) is 5.69 Å². The van der Waals surface area contributed by atoms with Crippen LogP contribution in [0.5, 0.6) is 0 Å². The van der Waals surface area contributed by atoms with Crippen LogP contribution in [-0.2, 0) is 9.59 Å². The minimum absolute atomic E-state index is 0.154. The Morgan fingerprint density at radius 3 is 2.70 bits per heavy atom. The first kappa shape index (κ1) is 18.0. The first-order chi connectivity index (χ1) is 13.0. The Hall–Kier alpha value is -2.34. The number of anilines is 1. The number of hydrazine groups is 2. The zero-order valence-electron chi connectivity index (χ0n) is 16.1. The highest BCUT2D eigenvalue weighted by molar-refractivity contribution is 5.84. The number of rotatable bonds is 5. The molecule has 0 bridgehead atoms. The third-order valence-corrected chi connectivity index (χ3v) is 5.92. The molecular formula is C21H28N4O2. The van der Waals surface area contributed by atoms with Gasteiger partial charge in [0.05, 0.1) is 12.1 Å². The molecule has 1 aliphatic carbocycles. The highest BCUT2D eigenvalue weighted by Gasteiger charge is 2.40. The van der Waals surface area contributed by atoms with E-state index in [9.17, 15) is 9.59 Å². The number of nitrogens with zero attached hydrogens (tertiary/aromatic N) is 3. The van der Waals surface area contributed by atoms with E-state index in [2.05, 4.69) is 29.4 Å². The Morgan fingerprint density at radius 1 is 1.26 bits per heavy atom. The number of carbonyl (C=O) groups excluding carboxylic acids is 2. The fraction of sp³-hybridized carbons (Fsp3) is 0.524. The lowest BCUT2D eigenvalue weighted by atomic mass is 10.1. The molecule has 2 aliphatic heterocycles. The SMILES string of the molecule is CC(=O)NN1C(=O)CC=CN1c1ccc([C@H]2C[C@@H]2CN2CCC[C@@H]2C)cc1. The molecule has 6 heteroatoms. The van der Waals surface area contributed by atoms with Gasteiger partial charge >= 0.3 is 0 Å². The molecule has 2 heterocycles. The lowest BCUT2D eigenvalue weighted by Crippen LogP contribution is -2.55. The van der Waals surface area contributed by atoms with E-state index in [0.717, 1.165) is 17.6 Å². The van der Waals surface area contributed by atoms with Crippen molar-refractivity contribution in [2.45, 2.75) is 51.5 Å². The first-order valence-corrected chi connectivity index (χ1v) is 9.93. The fourth-order valence-electron chi connectivity index (χ4n) is 4.29. The van der Waals surface area contributed by atoms with Gasteiger partial charge in [0.25, 0.3) is 5.91 Å². The van der Waals surface area contributed by atoms with Crippen LogP contribution in [-0.4, -0.2) is 41.0 Å². The molecule has 27 heavy (non-hydrogen) atoms. The maximum absolute atomic E-state index is 12.1. The standard InChI is InChI=1S/C21H28N4O2/c1-15-5-3-11-23(15)14-18-13-20(18)17-7-9-19(10-8-17)24-12-4-6-21(27)25(24)22-16(2)26/h4,7-10,12,15,18,20H,3,5-6,11,13-14H2,1-2H3,(H,22,26)/t15-,18+,20+/m0/s1. The Kier molecular flexibility index (Phi) is 4.91. The fourth-order valence-corrected chi connectivity index (χ4v) is 4.29. The molecule has 3 atom stereocenters. The smallest absolute Gasteiger partial charge is 0.264 e. The molecule has 2 amide bonds. The van der Waals surface area contributed by atoms with Gasteiger partial charge in [-0.1, -0.05) is 18.2 Å². The summed E-state index contributed by atoms with van der Waals surface area (Å²) in [4.78, 5) is 26.2. The average Bonchev–Trinajstić information content (AvgIpc) is 3.30. The lowest BCUT2D eigenvalue weighted by molar-refractivity contribution is -0.140. The molecule has 0 spiro atoms. The van der Waals surface area contributed by atoms with Crippen LogP contribution in [0.2, 0.25) is 0 Å². The second kappa shape index (κ2) is 7.35. The zero-order chi connectivity index (χ0) is 19.0. The summed E-state index contributed by atoms with van der Waals surface area (Å²) >= 11 is 0. The summed E-state index contributed by atoms with van der Waals surface area (Å²) in [6.45, 7) is 6.21. The van der Waals surface area contributed by atoms with E-state index in [-0.39, 0.29) is 18.2 Å². The van der Waals surface area contributed by atoms with Crippen LogP contribution in [0.25, 0.3) is 0 Å². The zero-order valence-corrected chi connectivity index (χ0v) is 16.1. The Bertz CT molecular complexity index is 745. The molecule has 0 aromatic heterocycles.